The van der Waals surface area contributed by atoms with E-state index in [0.717, 1.165) is 22.3 Å². The Morgan fingerprint density at radius 1 is 0.409 bits per heavy atom. The largest absolute Gasteiger partial charge is 0.232 e. The smallest absolute Gasteiger partial charge is 0.0933 e. The van der Waals surface area contributed by atoms with Gasteiger partial charge in [0.25, 0.3) is 0 Å². The second-order valence-electron chi connectivity index (χ2n) is 12.0. The highest BCUT2D eigenvalue weighted by atomic mass is 15.2. The maximum absolute atomic E-state index is 4.99. The minimum absolute atomic E-state index is 0.325. The highest BCUT2D eigenvalue weighted by Crippen LogP contribution is 2.62. The normalized spacial score (nSPS) is 13.6. The summed E-state index contributed by atoms with van der Waals surface area (Å²) in [5.74, 6) is 0. The molecule has 10 rings (SSSR count). The summed E-state index contributed by atoms with van der Waals surface area (Å²) in [4.78, 5) is 0. The predicted molar refractivity (Wildman–Crippen MR) is 180 cm³/mol. The molecule has 0 N–H and O–H groups in total. The van der Waals surface area contributed by atoms with Crippen molar-refractivity contribution >= 4 is 16.4 Å². The Hall–Kier alpha value is -5.73. The Labute approximate surface area is 255 Å². The van der Waals surface area contributed by atoms with Crippen molar-refractivity contribution in [1.82, 2.24) is 9.61 Å². The van der Waals surface area contributed by atoms with Crippen LogP contribution in [0.4, 0.5) is 0 Å². The van der Waals surface area contributed by atoms with Crippen LogP contribution in [-0.4, -0.2) is 9.61 Å². The Bertz CT molecular complexity index is 2380. The van der Waals surface area contributed by atoms with Gasteiger partial charge in [0.1, 0.15) is 0 Å². The molecule has 0 amide bonds. The Kier molecular flexibility index (Phi) is 4.68. The first-order valence-electron chi connectivity index (χ1n) is 15.2. The summed E-state index contributed by atoms with van der Waals surface area (Å²) in [5, 5.41) is 6.18. The zero-order valence-electron chi connectivity index (χ0n) is 23.9. The van der Waals surface area contributed by atoms with Crippen molar-refractivity contribution in [3.63, 3.8) is 0 Å². The molecule has 2 aromatic heterocycles. The zero-order valence-corrected chi connectivity index (χ0v) is 23.9. The van der Waals surface area contributed by atoms with Crippen LogP contribution < -0.4 is 0 Å². The third-order valence-electron chi connectivity index (χ3n) is 9.85. The molecule has 2 aliphatic rings. The van der Waals surface area contributed by atoms with Crippen molar-refractivity contribution in [3.8, 4) is 44.6 Å². The van der Waals surface area contributed by atoms with Gasteiger partial charge in [0.2, 0.25) is 0 Å². The molecule has 2 nitrogen and oxygen atoms in total. The van der Waals surface area contributed by atoms with E-state index in [1.807, 2.05) is 4.52 Å². The van der Waals surface area contributed by atoms with Crippen LogP contribution >= 0.6 is 0 Å². The molecule has 2 heteroatoms. The molecule has 204 valence electrons. The minimum atomic E-state index is -0.325. The molecule has 44 heavy (non-hydrogen) atoms. The van der Waals surface area contributed by atoms with E-state index in [0.29, 0.717) is 0 Å². The molecular weight excluding hydrogens is 532 g/mol. The van der Waals surface area contributed by atoms with Crippen molar-refractivity contribution in [1.29, 1.82) is 0 Å². The standard InChI is InChI=1S/C42H26N2/c1-8-16-41-29(9-1)21-23-31-26-40(43-44(31)41)28-19-17-27(18-20-28)30-22-24-35-34-12-4-7-15-38(34)42(39(35)25-30)36-13-5-2-10-32(36)33-11-3-6-14-37(33)42/h1-26H. The highest BCUT2D eigenvalue weighted by Gasteiger charge is 2.51. The van der Waals surface area contributed by atoms with Crippen LogP contribution in [0, 0.1) is 0 Å². The number of rotatable bonds is 2. The molecule has 2 heterocycles. The minimum Gasteiger partial charge on any atom is -0.232 e. The fraction of sp³-hybridized carbons (Fsp3) is 0.0238. The summed E-state index contributed by atoms with van der Waals surface area (Å²) in [6.45, 7) is 0. The molecule has 0 aliphatic heterocycles. The van der Waals surface area contributed by atoms with Crippen LogP contribution in [0.3, 0.4) is 0 Å². The molecule has 0 bridgehead atoms. The van der Waals surface area contributed by atoms with Gasteiger partial charge in [-0.3, -0.25) is 0 Å². The highest BCUT2D eigenvalue weighted by molar-refractivity contribution is 5.96. The molecule has 0 unspecified atom stereocenters. The van der Waals surface area contributed by atoms with E-state index in [4.69, 9.17) is 5.10 Å². The molecule has 0 atom stereocenters. The number of aromatic nitrogens is 2. The second-order valence-corrected chi connectivity index (χ2v) is 12.0. The van der Waals surface area contributed by atoms with Gasteiger partial charge < -0.3 is 0 Å². The number of pyridine rings is 1. The van der Waals surface area contributed by atoms with Gasteiger partial charge in [-0.25, -0.2) is 4.52 Å². The van der Waals surface area contributed by atoms with Crippen LogP contribution in [0.25, 0.3) is 61.1 Å². The quantitative estimate of drug-likeness (QED) is 0.206. The Balaban J connectivity index is 1.13. The topological polar surface area (TPSA) is 17.3 Å². The van der Waals surface area contributed by atoms with E-state index in [9.17, 15) is 0 Å². The molecule has 2 aliphatic carbocycles. The SMILES string of the molecule is c1ccc2c(c1)-c1ccccc1C21c2ccccc2-c2ccc(-c3ccc(-c4cc5ccc6ccccc6n5n4)cc3)cc21. The molecule has 8 aromatic rings. The van der Waals surface area contributed by atoms with Crippen molar-refractivity contribution < 1.29 is 0 Å². The number of para-hydroxylation sites is 1. The average Bonchev–Trinajstić information content (AvgIpc) is 3.76. The van der Waals surface area contributed by atoms with Gasteiger partial charge in [-0.15, -0.1) is 0 Å². The van der Waals surface area contributed by atoms with E-state index in [2.05, 4.69) is 158 Å². The van der Waals surface area contributed by atoms with E-state index < -0.39 is 0 Å². The van der Waals surface area contributed by atoms with Crippen LogP contribution in [0.5, 0.6) is 0 Å². The summed E-state index contributed by atoms with van der Waals surface area (Å²) >= 11 is 0. The van der Waals surface area contributed by atoms with Crippen molar-refractivity contribution in [2.75, 3.05) is 0 Å². The predicted octanol–water partition coefficient (Wildman–Crippen LogP) is 10.2. The lowest BCUT2D eigenvalue weighted by atomic mass is 9.70. The first-order chi connectivity index (χ1) is 21.8. The maximum atomic E-state index is 4.99. The lowest BCUT2D eigenvalue weighted by Gasteiger charge is -2.30. The van der Waals surface area contributed by atoms with Gasteiger partial charge in [-0.05, 0) is 79.9 Å². The number of hydrogen-bond acceptors (Lipinski definition) is 1. The molecule has 1 spiro atoms. The number of hydrogen-bond donors (Lipinski definition) is 0. The van der Waals surface area contributed by atoms with Gasteiger partial charge in [0.15, 0.2) is 0 Å². The van der Waals surface area contributed by atoms with Gasteiger partial charge in [0, 0.05) is 10.9 Å². The van der Waals surface area contributed by atoms with E-state index in [-0.39, 0.29) is 5.41 Å². The summed E-state index contributed by atoms with van der Waals surface area (Å²) in [6.07, 6.45) is 0. The van der Waals surface area contributed by atoms with Crippen LogP contribution in [0.2, 0.25) is 0 Å². The first-order valence-corrected chi connectivity index (χ1v) is 15.2. The van der Waals surface area contributed by atoms with Crippen molar-refractivity contribution in [3.05, 3.63) is 180 Å². The summed E-state index contributed by atoms with van der Waals surface area (Å²) in [7, 11) is 0. The number of fused-ring (bicyclic) bond motifs is 13. The lowest BCUT2D eigenvalue weighted by molar-refractivity contribution is 0.794. The Morgan fingerprint density at radius 2 is 0.955 bits per heavy atom. The van der Waals surface area contributed by atoms with Crippen molar-refractivity contribution in [2.24, 2.45) is 0 Å². The van der Waals surface area contributed by atoms with Gasteiger partial charge in [-0.2, -0.15) is 5.10 Å². The molecular formula is C42H26N2. The number of nitrogens with zero attached hydrogens (tertiary/aromatic N) is 2. The van der Waals surface area contributed by atoms with Crippen molar-refractivity contribution in [2.45, 2.75) is 5.41 Å². The van der Waals surface area contributed by atoms with Crippen LogP contribution in [-0.2, 0) is 5.41 Å². The fourth-order valence-electron chi connectivity index (χ4n) is 7.95. The number of benzene rings is 6. The monoisotopic (exact) mass is 558 g/mol. The molecule has 0 saturated carbocycles. The fourth-order valence-corrected chi connectivity index (χ4v) is 7.95. The van der Waals surface area contributed by atoms with Crippen LogP contribution in [0.1, 0.15) is 22.3 Å². The Morgan fingerprint density at radius 3 is 1.64 bits per heavy atom. The third kappa shape index (κ3) is 3.02. The molecule has 0 saturated heterocycles. The van der Waals surface area contributed by atoms with Crippen LogP contribution in [0.15, 0.2) is 158 Å². The zero-order chi connectivity index (χ0) is 28.8. The molecule has 0 radical (unpaired) electrons. The van der Waals surface area contributed by atoms with Gasteiger partial charge in [-0.1, -0.05) is 133 Å². The summed E-state index contributed by atoms with van der Waals surface area (Å²) < 4.78 is 2.05. The van der Waals surface area contributed by atoms with E-state index in [1.165, 1.54) is 61.0 Å². The molecule has 0 fully saturated rings. The maximum Gasteiger partial charge on any atom is 0.0933 e. The van der Waals surface area contributed by atoms with Gasteiger partial charge in [0.05, 0.1) is 22.1 Å². The third-order valence-corrected chi connectivity index (χ3v) is 9.85. The first kappa shape index (κ1) is 23.8. The lowest BCUT2D eigenvalue weighted by Crippen LogP contribution is -2.25. The average molecular weight is 559 g/mol. The van der Waals surface area contributed by atoms with E-state index in [1.54, 1.807) is 0 Å². The summed E-state index contributed by atoms with van der Waals surface area (Å²) in [5.41, 5.74) is 17.2. The van der Waals surface area contributed by atoms with E-state index >= 15 is 0 Å². The van der Waals surface area contributed by atoms with Gasteiger partial charge >= 0.3 is 0 Å². The summed E-state index contributed by atoms with van der Waals surface area (Å²) in [6, 6.07) is 57.8. The molecule has 6 aromatic carbocycles. The second kappa shape index (κ2) is 8.65.